The second-order valence-corrected chi connectivity index (χ2v) is 6.74. The average molecular weight is 389 g/mol. The number of benzene rings is 3. The quantitative estimate of drug-likeness (QED) is 0.493. The van der Waals surface area contributed by atoms with Crippen molar-refractivity contribution in [2.75, 3.05) is 4.90 Å². The summed E-state index contributed by atoms with van der Waals surface area (Å²) in [4.78, 5) is 38.7. The molecule has 144 valence electrons. The van der Waals surface area contributed by atoms with Gasteiger partial charge in [0.2, 0.25) is 0 Å². The highest BCUT2D eigenvalue weighted by molar-refractivity contribution is 6.34. The minimum Gasteiger partial charge on any atom is -0.457 e. The molecule has 5 nitrogen and oxygen atoms in total. The van der Waals surface area contributed by atoms with Gasteiger partial charge in [-0.1, -0.05) is 29.8 Å². The van der Waals surface area contributed by atoms with E-state index in [1.807, 2.05) is 31.2 Å². The molecule has 0 aliphatic carbocycles. The zero-order chi connectivity index (χ0) is 20.5. The Labute approximate surface area is 166 Å². The molecular formula is C23H16FNO4. The number of ether oxygens (including phenoxy) is 1. The van der Waals surface area contributed by atoms with Crippen molar-refractivity contribution in [3.8, 4) is 0 Å². The number of rotatable bonds is 4. The van der Waals surface area contributed by atoms with Crippen LogP contribution in [-0.4, -0.2) is 17.8 Å². The van der Waals surface area contributed by atoms with Crippen molar-refractivity contribution < 1.29 is 23.5 Å². The first-order chi connectivity index (χ1) is 13.9. The Hall–Kier alpha value is -3.80. The number of carbonyl (C=O) groups is 3. The van der Waals surface area contributed by atoms with Crippen molar-refractivity contribution >= 4 is 23.5 Å². The Bertz CT molecular complexity index is 1120. The minimum absolute atomic E-state index is 0.102. The van der Waals surface area contributed by atoms with Crippen molar-refractivity contribution in [2.45, 2.75) is 13.5 Å². The van der Waals surface area contributed by atoms with E-state index in [9.17, 15) is 18.8 Å². The topological polar surface area (TPSA) is 63.7 Å². The molecule has 3 aromatic carbocycles. The molecule has 0 spiro atoms. The van der Waals surface area contributed by atoms with Crippen LogP contribution in [0.1, 0.15) is 42.2 Å². The molecular weight excluding hydrogens is 373 g/mol. The number of esters is 1. The van der Waals surface area contributed by atoms with Crippen LogP contribution in [0.5, 0.6) is 0 Å². The predicted molar refractivity (Wildman–Crippen MR) is 104 cm³/mol. The van der Waals surface area contributed by atoms with Gasteiger partial charge < -0.3 is 4.74 Å². The van der Waals surface area contributed by atoms with Gasteiger partial charge >= 0.3 is 5.97 Å². The molecule has 29 heavy (non-hydrogen) atoms. The standard InChI is InChI=1S/C23H16FNO4/c1-14-2-4-15(5-3-14)13-29-23(28)16-6-11-19-20(12-16)22(27)25(21(19)26)18-9-7-17(24)8-10-18/h2-12H,13H2,1H3. The summed E-state index contributed by atoms with van der Waals surface area (Å²) < 4.78 is 18.5. The van der Waals surface area contributed by atoms with Crippen LogP contribution in [0.15, 0.2) is 66.7 Å². The zero-order valence-corrected chi connectivity index (χ0v) is 15.5. The lowest BCUT2D eigenvalue weighted by molar-refractivity contribution is 0.0472. The van der Waals surface area contributed by atoms with Crippen molar-refractivity contribution in [3.05, 3.63) is 100 Å². The van der Waals surface area contributed by atoms with E-state index in [1.54, 1.807) is 0 Å². The molecule has 3 aromatic rings. The molecule has 0 unspecified atom stereocenters. The second-order valence-electron chi connectivity index (χ2n) is 6.74. The summed E-state index contributed by atoms with van der Waals surface area (Å²) in [6.45, 7) is 2.07. The maximum absolute atomic E-state index is 13.1. The lowest BCUT2D eigenvalue weighted by Gasteiger charge is -2.13. The second kappa shape index (κ2) is 7.31. The molecule has 0 atom stereocenters. The van der Waals surface area contributed by atoms with Crippen LogP contribution in [0.4, 0.5) is 10.1 Å². The van der Waals surface area contributed by atoms with E-state index < -0.39 is 23.6 Å². The Morgan fingerprint density at radius 2 is 1.55 bits per heavy atom. The first-order valence-electron chi connectivity index (χ1n) is 8.95. The number of carbonyl (C=O) groups excluding carboxylic acids is 3. The van der Waals surface area contributed by atoms with Crippen LogP contribution in [0.25, 0.3) is 0 Å². The normalized spacial score (nSPS) is 12.8. The number of imide groups is 1. The molecule has 0 saturated heterocycles. The molecule has 4 rings (SSSR count). The van der Waals surface area contributed by atoms with Gasteiger partial charge in [0.15, 0.2) is 0 Å². The molecule has 1 aliphatic rings. The SMILES string of the molecule is Cc1ccc(COC(=O)c2ccc3c(c2)C(=O)N(c2ccc(F)cc2)C3=O)cc1. The van der Waals surface area contributed by atoms with E-state index in [4.69, 9.17) is 4.74 Å². The van der Waals surface area contributed by atoms with E-state index in [0.29, 0.717) is 0 Å². The fourth-order valence-electron chi connectivity index (χ4n) is 3.11. The summed E-state index contributed by atoms with van der Waals surface area (Å²) >= 11 is 0. The molecule has 0 saturated carbocycles. The molecule has 0 bridgehead atoms. The predicted octanol–water partition coefficient (Wildman–Crippen LogP) is 4.29. The lowest BCUT2D eigenvalue weighted by atomic mass is 10.1. The lowest BCUT2D eigenvalue weighted by Crippen LogP contribution is -2.29. The van der Waals surface area contributed by atoms with Crippen LogP contribution in [0, 0.1) is 12.7 Å². The molecule has 6 heteroatoms. The molecule has 1 aliphatic heterocycles. The number of anilines is 1. The molecule has 0 aromatic heterocycles. The fourth-order valence-corrected chi connectivity index (χ4v) is 3.11. The van der Waals surface area contributed by atoms with E-state index in [1.165, 1.54) is 42.5 Å². The Morgan fingerprint density at radius 1 is 0.897 bits per heavy atom. The summed E-state index contributed by atoms with van der Waals surface area (Å²) in [6.07, 6.45) is 0. The molecule has 0 N–H and O–H groups in total. The Balaban J connectivity index is 1.54. The van der Waals surface area contributed by atoms with E-state index in [0.717, 1.165) is 16.0 Å². The van der Waals surface area contributed by atoms with Gasteiger partial charge in [-0.25, -0.2) is 14.1 Å². The molecule has 2 amide bonds. The van der Waals surface area contributed by atoms with Gasteiger partial charge in [0, 0.05) is 0 Å². The number of amides is 2. The maximum atomic E-state index is 13.1. The van der Waals surface area contributed by atoms with Crippen LogP contribution in [0.2, 0.25) is 0 Å². The third kappa shape index (κ3) is 3.52. The summed E-state index contributed by atoms with van der Waals surface area (Å²) in [6, 6.07) is 16.9. The van der Waals surface area contributed by atoms with Gasteiger partial charge in [0.25, 0.3) is 11.8 Å². The van der Waals surface area contributed by atoms with Crippen LogP contribution >= 0.6 is 0 Å². The van der Waals surface area contributed by atoms with Crippen LogP contribution in [0.3, 0.4) is 0 Å². The van der Waals surface area contributed by atoms with Gasteiger partial charge in [-0.3, -0.25) is 9.59 Å². The number of aryl methyl sites for hydroxylation is 1. The third-order valence-corrected chi connectivity index (χ3v) is 4.70. The van der Waals surface area contributed by atoms with Gasteiger partial charge in [0.05, 0.1) is 22.4 Å². The summed E-state index contributed by atoms with van der Waals surface area (Å²) in [5, 5.41) is 0. The first kappa shape index (κ1) is 18.6. The van der Waals surface area contributed by atoms with Crippen molar-refractivity contribution in [1.82, 2.24) is 0 Å². The molecule has 0 radical (unpaired) electrons. The summed E-state index contributed by atoms with van der Waals surface area (Å²) in [5.41, 5.74) is 2.70. The smallest absolute Gasteiger partial charge is 0.338 e. The largest absolute Gasteiger partial charge is 0.457 e. The summed E-state index contributed by atoms with van der Waals surface area (Å²) in [7, 11) is 0. The van der Waals surface area contributed by atoms with Crippen LogP contribution < -0.4 is 4.90 Å². The number of hydrogen-bond acceptors (Lipinski definition) is 4. The highest BCUT2D eigenvalue weighted by Gasteiger charge is 2.37. The Morgan fingerprint density at radius 3 is 2.24 bits per heavy atom. The number of fused-ring (bicyclic) bond motifs is 1. The number of hydrogen-bond donors (Lipinski definition) is 0. The van der Waals surface area contributed by atoms with Crippen molar-refractivity contribution in [2.24, 2.45) is 0 Å². The average Bonchev–Trinajstić information content (AvgIpc) is 2.98. The van der Waals surface area contributed by atoms with Gasteiger partial charge in [-0.05, 0) is 55.0 Å². The zero-order valence-electron chi connectivity index (χ0n) is 15.5. The van der Waals surface area contributed by atoms with Gasteiger partial charge in [0.1, 0.15) is 12.4 Å². The molecule has 0 fully saturated rings. The van der Waals surface area contributed by atoms with Gasteiger partial charge in [-0.2, -0.15) is 0 Å². The van der Waals surface area contributed by atoms with Gasteiger partial charge in [-0.15, -0.1) is 0 Å². The van der Waals surface area contributed by atoms with E-state index >= 15 is 0 Å². The minimum atomic E-state index is -0.589. The fraction of sp³-hybridized carbons (Fsp3) is 0.0870. The highest BCUT2D eigenvalue weighted by atomic mass is 19.1. The number of nitrogens with zero attached hydrogens (tertiary/aromatic N) is 1. The number of halogens is 1. The van der Waals surface area contributed by atoms with Crippen molar-refractivity contribution in [1.29, 1.82) is 0 Å². The van der Waals surface area contributed by atoms with E-state index in [-0.39, 0.29) is 29.0 Å². The Kier molecular flexibility index (Phi) is 4.68. The van der Waals surface area contributed by atoms with Crippen LogP contribution in [-0.2, 0) is 11.3 Å². The van der Waals surface area contributed by atoms with E-state index in [2.05, 4.69) is 0 Å². The van der Waals surface area contributed by atoms with Crippen molar-refractivity contribution in [3.63, 3.8) is 0 Å². The molecule has 1 heterocycles. The highest BCUT2D eigenvalue weighted by Crippen LogP contribution is 2.29. The summed E-state index contributed by atoms with van der Waals surface area (Å²) in [5.74, 6) is -2.14. The first-order valence-corrected chi connectivity index (χ1v) is 8.95. The monoisotopic (exact) mass is 389 g/mol. The third-order valence-electron chi connectivity index (χ3n) is 4.70. The maximum Gasteiger partial charge on any atom is 0.338 e.